The molecule has 1 aromatic heterocycles. The number of halogens is 2. The molecule has 0 aliphatic heterocycles. The van der Waals surface area contributed by atoms with Crippen molar-refractivity contribution >= 4 is 0 Å². The van der Waals surface area contributed by atoms with Gasteiger partial charge in [-0.2, -0.15) is 4.39 Å². The number of nitrogens with zero attached hydrogens (tertiary/aromatic N) is 1. The van der Waals surface area contributed by atoms with Crippen LogP contribution in [-0.4, -0.2) is 10.5 Å². The smallest absolute Gasteiger partial charge is 0.201 e. The third-order valence-corrected chi connectivity index (χ3v) is 2.73. The first kappa shape index (κ1) is 15.4. The molecule has 0 unspecified atom stereocenters. The Morgan fingerprint density at radius 2 is 1.95 bits per heavy atom. The molecule has 0 spiro atoms. The molecule has 0 aliphatic carbocycles. The monoisotopic (exact) mass is 292 g/mol. The number of hydrogen-bond acceptors (Lipinski definition) is 3. The minimum atomic E-state index is -0.997. The Kier molecular flexibility index (Phi) is 4.53. The molecule has 3 nitrogen and oxygen atoms in total. The van der Waals surface area contributed by atoms with Crippen molar-refractivity contribution < 1.29 is 13.5 Å². The van der Waals surface area contributed by atoms with Gasteiger partial charge in [0.1, 0.15) is 5.75 Å². The van der Waals surface area contributed by atoms with E-state index in [1.807, 2.05) is 0 Å². The molecule has 0 atom stereocenters. The van der Waals surface area contributed by atoms with E-state index < -0.39 is 11.6 Å². The third-order valence-electron chi connectivity index (χ3n) is 2.73. The van der Waals surface area contributed by atoms with E-state index in [9.17, 15) is 8.78 Å². The van der Waals surface area contributed by atoms with E-state index in [0.29, 0.717) is 12.3 Å². The summed E-state index contributed by atoms with van der Waals surface area (Å²) in [6.07, 6.45) is 1.58. The van der Waals surface area contributed by atoms with Gasteiger partial charge in [-0.05, 0) is 39.0 Å². The Labute approximate surface area is 123 Å². The molecule has 112 valence electrons. The highest BCUT2D eigenvalue weighted by molar-refractivity contribution is 5.32. The summed E-state index contributed by atoms with van der Waals surface area (Å²) in [7, 11) is 0. The first-order valence-corrected chi connectivity index (χ1v) is 6.67. The van der Waals surface area contributed by atoms with Gasteiger partial charge in [0, 0.05) is 24.3 Å². The zero-order valence-corrected chi connectivity index (χ0v) is 12.3. The van der Waals surface area contributed by atoms with E-state index in [2.05, 4.69) is 31.1 Å². The van der Waals surface area contributed by atoms with Gasteiger partial charge in [-0.1, -0.05) is 6.07 Å². The number of rotatable bonds is 4. The Morgan fingerprint density at radius 1 is 1.19 bits per heavy atom. The van der Waals surface area contributed by atoms with Gasteiger partial charge in [-0.15, -0.1) is 0 Å². The molecular formula is C16H18F2N2O. The second-order valence-corrected chi connectivity index (χ2v) is 5.74. The molecule has 1 heterocycles. The molecule has 0 fully saturated rings. The fourth-order valence-electron chi connectivity index (χ4n) is 1.66. The van der Waals surface area contributed by atoms with Crippen LogP contribution in [0, 0.1) is 11.6 Å². The zero-order chi connectivity index (χ0) is 15.5. The van der Waals surface area contributed by atoms with Crippen LogP contribution < -0.4 is 10.1 Å². The molecule has 2 aromatic rings. The van der Waals surface area contributed by atoms with Crippen LogP contribution in [0.3, 0.4) is 0 Å². The number of pyridine rings is 1. The van der Waals surface area contributed by atoms with Crippen LogP contribution in [0.25, 0.3) is 0 Å². The lowest BCUT2D eigenvalue weighted by Gasteiger charge is -2.20. The number of hydrogen-bond donors (Lipinski definition) is 1. The van der Waals surface area contributed by atoms with Gasteiger partial charge in [0.2, 0.25) is 5.82 Å². The lowest BCUT2D eigenvalue weighted by Crippen LogP contribution is -2.35. The molecule has 5 heteroatoms. The summed E-state index contributed by atoms with van der Waals surface area (Å²) in [6, 6.07) is 7.13. The summed E-state index contributed by atoms with van der Waals surface area (Å²) in [5.41, 5.74) is 0.729. The largest absolute Gasteiger partial charge is 0.454 e. The van der Waals surface area contributed by atoms with E-state index in [0.717, 1.165) is 11.8 Å². The van der Waals surface area contributed by atoms with Crippen molar-refractivity contribution in [2.45, 2.75) is 32.9 Å². The second kappa shape index (κ2) is 6.18. The van der Waals surface area contributed by atoms with Crippen molar-refractivity contribution in [3.05, 3.63) is 53.9 Å². The van der Waals surface area contributed by atoms with Crippen molar-refractivity contribution in [2.75, 3.05) is 0 Å². The van der Waals surface area contributed by atoms with Gasteiger partial charge in [-0.3, -0.25) is 4.98 Å². The van der Waals surface area contributed by atoms with Crippen LogP contribution in [0.5, 0.6) is 11.5 Å². The van der Waals surface area contributed by atoms with Crippen molar-refractivity contribution in [1.82, 2.24) is 10.3 Å². The summed E-state index contributed by atoms with van der Waals surface area (Å²) >= 11 is 0. The Morgan fingerprint density at radius 3 is 2.67 bits per heavy atom. The van der Waals surface area contributed by atoms with Crippen LogP contribution in [0.1, 0.15) is 26.5 Å². The van der Waals surface area contributed by atoms with Gasteiger partial charge >= 0.3 is 0 Å². The molecule has 21 heavy (non-hydrogen) atoms. The fourth-order valence-corrected chi connectivity index (χ4v) is 1.66. The molecule has 1 N–H and O–H groups in total. The van der Waals surface area contributed by atoms with Crippen LogP contribution in [0.4, 0.5) is 8.78 Å². The summed E-state index contributed by atoms with van der Waals surface area (Å²) in [4.78, 5) is 4.21. The average molecular weight is 292 g/mol. The summed E-state index contributed by atoms with van der Waals surface area (Å²) < 4.78 is 32.1. The van der Waals surface area contributed by atoms with Gasteiger partial charge in [0.05, 0.1) is 5.69 Å². The summed E-state index contributed by atoms with van der Waals surface area (Å²) in [5, 5.41) is 3.30. The average Bonchev–Trinajstić information content (AvgIpc) is 2.41. The minimum absolute atomic E-state index is 0.0345. The lowest BCUT2D eigenvalue weighted by molar-refractivity contribution is 0.410. The van der Waals surface area contributed by atoms with E-state index in [1.165, 1.54) is 12.1 Å². The van der Waals surface area contributed by atoms with Crippen molar-refractivity contribution in [3.63, 3.8) is 0 Å². The Hall–Kier alpha value is -2.01. The number of ether oxygens (including phenoxy) is 1. The molecule has 0 bridgehead atoms. The van der Waals surface area contributed by atoms with Gasteiger partial charge < -0.3 is 10.1 Å². The second-order valence-electron chi connectivity index (χ2n) is 5.74. The first-order chi connectivity index (χ1) is 9.85. The van der Waals surface area contributed by atoms with E-state index in [-0.39, 0.29) is 11.3 Å². The number of benzene rings is 1. The molecule has 0 saturated heterocycles. The molecule has 2 rings (SSSR count). The summed E-state index contributed by atoms with van der Waals surface area (Å²) in [5.74, 6) is -1.66. The standard InChI is InChI=1S/C16H18F2N2O/c1-16(2,3)20-10-11-9-12(7-8-19-11)21-14-6-4-5-13(17)15(14)18/h4-9,20H,10H2,1-3H3. The predicted molar refractivity (Wildman–Crippen MR) is 77.3 cm³/mol. The normalized spacial score (nSPS) is 11.5. The van der Waals surface area contributed by atoms with Gasteiger partial charge in [-0.25, -0.2) is 4.39 Å². The summed E-state index contributed by atoms with van der Waals surface area (Å²) in [6.45, 7) is 6.72. The minimum Gasteiger partial charge on any atom is -0.454 e. The van der Waals surface area contributed by atoms with E-state index in [4.69, 9.17) is 4.74 Å². The van der Waals surface area contributed by atoms with Crippen molar-refractivity contribution in [3.8, 4) is 11.5 Å². The maximum absolute atomic E-state index is 13.6. The molecule has 0 saturated carbocycles. The topological polar surface area (TPSA) is 34.1 Å². The highest BCUT2D eigenvalue weighted by Gasteiger charge is 2.11. The third kappa shape index (κ3) is 4.49. The van der Waals surface area contributed by atoms with E-state index in [1.54, 1.807) is 18.3 Å². The fraction of sp³-hybridized carbons (Fsp3) is 0.312. The number of aromatic nitrogens is 1. The van der Waals surface area contributed by atoms with Crippen molar-refractivity contribution in [2.24, 2.45) is 0 Å². The van der Waals surface area contributed by atoms with Crippen molar-refractivity contribution in [1.29, 1.82) is 0 Å². The van der Waals surface area contributed by atoms with Crippen LogP contribution in [0.15, 0.2) is 36.5 Å². The zero-order valence-electron chi connectivity index (χ0n) is 12.3. The maximum atomic E-state index is 13.6. The van der Waals surface area contributed by atoms with Crippen LogP contribution in [0.2, 0.25) is 0 Å². The predicted octanol–water partition coefficient (Wildman–Crippen LogP) is 4.04. The maximum Gasteiger partial charge on any atom is 0.201 e. The van der Waals surface area contributed by atoms with Gasteiger partial charge in [0.15, 0.2) is 11.6 Å². The molecule has 0 radical (unpaired) electrons. The quantitative estimate of drug-likeness (QED) is 0.923. The van der Waals surface area contributed by atoms with Crippen LogP contribution in [-0.2, 0) is 6.54 Å². The highest BCUT2D eigenvalue weighted by Crippen LogP contribution is 2.25. The van der Waals surface area contributed by atoms with Gasteiger partial charge in [0.25, 0.3) is 0 Å². The van der Waals surface area contributed by atoms with Crippen LogP contribution >= 0.6 is 0 Å². The molecule has 0 amide bonds. The molecule has 1 aromatic carbocycles. The SMILES string of the molecule is CC(C)(C)NCc1cc(Oc2cccc(F)c2F)ccn1. The number of nitrogens with one attached hydrogen (secondary N) is 1. The lowest BCUT2D eigenvalue weighted by atomic mass is 10.1. The molecular weight excluding hydrogens is 274 g/mol. The Bertz CT molecular complexity index is 624. The van der Waals surface area contributed by atoms with E-state index >= 15 is 0 Å². The highest BCUT2D eigenvalue weighted by atomic mass is 19.2. The first-order valence-electron chi connectivity index (χ1n) is 6.67. The molecule has 0 aliphatic rings. The Balaban J connectivity index is 2.12.